The predicted octanol–water partition coefficient (Wildman–Crippen LogP) is 9.21. The van der Waals surface area contributed by atoms with E-state index >= 15 is 8.42 Å². The molecule has 62 heavy (non-hydrogen) atoms. The van der Waals surface area contributed by atoms with Gasteiger partial charge in [0, 0.05) is 13.7 Å². The second-order valence-corrected chi connectivity index (χ2v) is 27.2. The molecule has 1 fully saturated rings. The van der Waals surface area contributed by atoms with Crippen LogP contribution in [0, 0.1) is 6.92 Å². The van der Waals surface area contributed by atoms with E-state index in [1.54, 1.807) is 30.7 Å². The summed E-state index contributed by atoms with van der Waals surface area (Å²) in [6.07, 6.45) is 1.46. The number of nitrogens with zero attached hydrogens (tertiary/aromatic N) is 2. The van der Waals surface area contributed by atoms with Gasteiger partial charge in [0.05, 0.1) is 0 Å². The number of benzene rings is 6. The molecule has 2 aliphatic heterocycles. The maximum absolute atomic E-state index is 15.4. The first-order valence-electron chi connectivity index (χ1n) is 21.4. The maximum atomic E-state index is 15.4. The molecule has 324 valence electrons. The van der Waals surface area contributed by atoms with Crippen LogP contribution in [0.5, 0.6) is 11.5 Å². The van der Waals surface area contributed by atoms with Gasteiger partial charge in [-0.3, -0.25) is 0 Å². The first kappa shape index (κ1) is 44.1. The molecule has 8 rings (SSSR count). The molecular weight excluding hydrogens is 880 g/mol. The van der Waals surface area contributed by atoms with Gasteiger partial charge in [-0.25, -0.2) is 0 Å². The molecule has 1 saturated heterocycles. The van der Waals surface area contributed by atoms with Crippen molar-refractivity contribution in [3.05, 3.63) is 174 Å². The summed E-state index contributed by atoms with van der Waals surface area (Å²) >= 11 is 4.68. The van der Waals surface area contributed by atoms with E-state index in [4.69, 9.17) is 18.9 Å². The minimum atomic E-state index is -4.04. The average Bonchev–Trinajstić information content (AvgIpc) is 3.32. The molecule has 0 spiro atoms. The zero-order chi connectivity index (χ0) is 43.2. The van der Waals surface area contributed by atoms with Crippen molar-refractivity contribution >= 4 is 52.4 Å². The van der Waals surface area contributed by atoms with Crippen LogP contribution in [0.15, 0.2) is 163 Å². The molecule has 8 nitrogen and oxygen atoms in total. The van der Waals surface area contributed by atoms with Gasteiger partial charge < -0.3 is 4.74 Å². The number of ether oxygens (including phenoxy) is 4. The van der Waals surface area contributed by atoms with E-state index in [0.29, 0.717) is 32.4 Å². The molecule has 0 saturated carbocycles. The summed E-state index contributed by atoms with van der Waals surface area (Å²) in [5.41, 5.74) is 4.11. The SMILES string of the molecule is COCCCN1CCOc2ccc(CO[C@H]3CN(S(=O)(=O)c4ccc(C)cc4)[C@H](CP(Br)(c4ccccc4)(c4ccccc4)c4ccccc4)C[C@@H]3c3ccc(OC)cc3)cc21. The van der Waals surface area contributed by atoms with Crippen molar-refractivity contribution < 1.29 is 27.4 Å². The van der Waals surface area contributed by atoms with Crippen molar-refractivity contribution in [2.24, 2.45) is 0 Å². The van der Waals surface area contributed by atoms with Gasteiger partial charge in [-0.2, -0.15) is 0 Å². The summed E-state index contributed by atoms with van der Waals surface area (Å²) in [6.45, 7) is 5.41. The Morgan fingerprint density at radius 1 is 0.774 bits per heavy atom. The molecule has 2 heterocycles. The summed E-state index contributed by atoms with van der Waals surface area (Å²) in [5.74, 6) is 1.47. The van der Waals surface area contributed by atoms with Crippen LogP contribution in [0.4, 0.5) is 5.69 Å². The van der Waals surface area contributed by atoms with Gasteiger partial charge in [0.25, 0.3) is 0 Å². The van der Waals surface area contributed by atoms with Crippen LogP contribution in [-0.4, -0.2) is 78.1 Å². The molecule has 0 unspecified atom stereocenters. The third-order valence-electron chi connectivity index (χ3n) is 12.6. The van der Waals surface area contributed by atoms with Crippen LogP contribution in [0.25, 0.3) is 0 Å². The topological polar surface area (TPSA) is 77.5 Å². The zero-order valence-electron chi connectivity index (χ0n) is 35.7. The van der Waals surface area contributed by atoms with Gasteiger partial charge in [-0.1, -0.05) is 0 Å². The molecule has 0 amide bonds. The monoisotopic (exact) mass is 934 g/mol. The van der Waals surface area contributed by atoms with E-state index < -0.39 is 27.5 Å². The Bertz CT molecular complexity index is 2410. The van der Waals surface area contributed by atoms with E-state index in [-0.39, 0.29) is 17.4 Å². The Morgan fingerprint density at radius 2 is 1.39 bits per heavy atom. The predicted molar refractivity (Wildman–Crippen MR) is 257 cm³/mol. The molecule has 0 aromatic heterocycles. The van der Waals surface area contributed by atoms with Crippen molar-refractivity contribution in [3.8, 4) is 11.5 Å². The molecular formula is C51H56BrN2O6PS. The van der Waals surface area contributed by atoms with Crippen molar-refractivity contribution in [2.45, 2.75) is 49.3 Å². The Kier molecular flexibility index (Phi) is 13.5. The fourth-order valence-electron chi connectivity index (χ4n) is 9.31. The summed E-state index contributed by atoms with van der Waals surface area (Å²) in [4.78, 5) is 2.62. The van der Waals surface area contributed by atoms with Gasteiger partial charge in [0.15, 0.2) is 0 Å². The molecule has 0 aliphatic carbocycles. The molecule has 6 aromatic carbocycles. The Balaban J connectivity index is 1.25. The number of hydrogen-bond acceptors (Lipinski definition) is 7. The van der Waals surface area contributed by atoms with E-state index in [0.717, 1.165) is 69.3 Å². The minimum absolute atomic E-state index is 0.148. The number of rotatable bonds is 16. The number of aryl methyl sites for hydroxylation is 1. The number of methoxy groups -OCH3 is 2. The molecule has 0 N–H and O–H groups in total. The number of sulfonamides is 1. The molecule has 6 aromatic rings. The van der Waals surface area contributed by atoms with Crippen LogP contribution in [0.3, 0.4) is 0 Å². The third-order valence-corrected chi connectivity index (χ3v) is 24.3. The number of piperidine rings is 1. The zero-order valence-corrected chi connectivity index (χ0v) is 39.0. The fourth-order valence-corrected chi connectivity index (χ4v) is 19.2. The van der Waals surface area contributed by atoms with E-state index in [1.165, 1.54) is 0 Å². The molecule has 0 bridgehead atoms. The van der Waals surface area contributed by atoms with Gasteiger partial charge in [-0.05, 0) is 6.42 Å². The summed E-state index contributed by atoms with van der Waals surface area (Å²) in [7, 11) is -0.635. The van der Waals surface area contributed by atoms with Crippen molar-refractivity contribution in [2.75, 3.05) is 58.1 Å². The summed E-state index contributed by atoms with van der Waals surface area (Å²) in [5, 5.41) is -0.226. The van der Waals surface area contributed by atoms with E-state index in [2.05, 4.69) is 117 Å². The van der Waals surface area contributed by atoms with Gasteiger partial charge >= 0.3 is 346 Å². The number of halogens is 1. The quantitative estimate of drug-likeness (QED) is 0.0708. The third kappa shape index (κ3) is 8.83. The second-order valence-electron chi connectivity index (χ2n) is 16.4. The first-order valence-corrected chi connectivity index (χ1v) is 27.2. The number of fused-ring (bicyclic) bond motifs is 1. The standard InChI is InChI=1S/C51H56BrN2O6PS/c1-39-20-27-47(28-21-39)62(55,56)54-36-51(60-37-40-22-29-50-49(34-40)53(31-33-59-50)30-13-32-57-2)48(41-23-25-43(58-3)26-24-41)35-42(54)38-61(52,44-14-7-4-8-15-44,45-16-9-5-10-17-45)46-18-11-6-12-19-46/h4-12,14-29,34,42,48,51H,13,30-33,35-38H2,1-3H3/t42-,48+,51-/m0/s1. The normalized spacial score (nSPS) is 18.9. The van der Waals surface area contributed by atoms with E-state index in [9.17, 15) is 0 Å². The van der Waals surface area contributed by atoms with Crippen LogP contribution in [-0.2, 0) is 26.1 Å². The number of hydrogen-bond donors (Lipinski definition) is 0. The number of anilines is 1. The molecule has 2 aliphatic rings. The summed E-state index contributed by atoms with van der Waals surface area (Å²) in [6, 6.07) is 53.0. The second kappa shape index (κ2) is 19.1. The van der Waals surface area contributed by atoms with Gasteiger partial charge in [-0.15, -0.1) is 0 Å². The molecule has 11 heteroatoms. The van der Waals surface area contributed by atoms with Gasteiger partial charge in [0.1, 0.15) is 6.61 Å². The fraction of sp³-hybridized carbons (Fsp3) is 0.294. The average molecular weight is 936 g/mol. The first-order chi connectivity index (χ1) is 30.1. The van der Waals surface area contributed by atoms with Crippen molar-refractivity contribution in [1.29, 1.82) is 0 Å². The van der Waals surface area contributed by atoms with Crippen molar-refractivity contribution in [1.82, 2.24) is 4.31 Å². The van der Waals surface area contributed by atoms with E-state index in [1.807, 2.05) is 55.5 Å². The molecule has 3 atom stereocenters. The van der Waals surface area contributed by atoms with Gasteiger partial charge in [0.2, 0.25) is 0 Å². The molecule has 0 radical (unpaired) electrons. The Hall–Kier alpha value is -4.54. The van der Waals surface area contributed by atoms with Crippen LogP contribution in [0.2, 0.25) is 0 Å². The summed E-state index contributed by atoms with van der Waals surface area (Å²) < 4.78 is 56.6. The van der Waals surface area contributed by atoms with Crippen molar-refractivity contribution in [3.63, 3.8) is 0 Å². The Labute approximate surface area is 375 Å². The Morgan fingerprint density at radius 3 is 1.97 bits per heavy atom. The van der Waals surface area contributed by atoms with Crippen LogP contribution >= 0.6 is 20.8 Å². The van der Waals surface area contributed by atoms with Crippen LogP contribution in [0.1, 0.15) is 35.4 Å². The van der Waals surface area contributed by atoms with Crippen LogP contribution < -0.4 is 30.3 Å².